The Morgan fingerprint density at radius 1 is 1.14 bits per heavy atom. The Kier molecular flexibility index (Phi) is 3.88. The lowest BCUT2D eigenvalue weighted by atomic mass is 9.91. The van der Waals surface area contributed by atoms with Gasteiger partial charge in [-0.3, -0.25) is 0 Å². The molecule has 0 spiro atoms. The Hall–Kier alpha value is -1.94. The van der Waals surface area contributed by atoms with E-state index in [1.807, 2.05) is 37.3 Å². The molecule has 2 aromatic rings. The second kappa shape index (κ2) is 5.82. The predicted molar refractivity (Wildman–Crippen MR) is 83.2 cm³/mol. The number of benzene rings is 1. The topological polar surface area (TPSA) is 58.0 Å². The highest BCUT2D eigenvalue weighted by Crippen LogP contribution is 2.30. The fourth-order valence-corrected chi connectivity index (χ4v) is 2.90. The Bertz CT molecular complexity index is 615. The van der Waals surface area contributed by atoms with E-state index in [1.165, 1.54) is 18.4 Å². The fourth-order valence-electron chi connectivity index (χ4n) is 2.90. The second-order valence-electron chi connectivity index (χ2n) is 5.84. The molecule has 1 aliphatic carbocycles. The van der Waals surface area contributed by atoms with E-state index < -0.39 is 5.54 Å². The maximum absolute atomic E-state index is 9.90. The number of nitrogens with one attached hydrogen (secondary N) is 1. The number of aliphatic hydroxyl groups is 1. The molecule has 1 aromatic heterocycles. The Morgan fingerprint density at radius 2 is 1.90 bits per heavy atom. The van der Waals surface area contributed by atoms with E-state index in [-0.39, 0.29) is 6.61 Å². The minimum atomic E-state index is -0.541. The monoisotopic (exact) mass is 283 g/mol. The van der Waals surface area contributed by atoms with Gasteiger partial charge >= 0.3 is 0 Å². The van der Waals surface area contributed by atoms with E-state index in [4.69, 9.17) is 0 Å². The summed E-state index contributed by atoms with van der Waals surface area (Å²) in [5.74, 6) is 0.861. The number of hydrogen-bond acceptors (Lipinski definition) is 4. The molecule has 1 aliphatic rings. The van der Waals surface area contributed by atoms with Crippen LogP contribution in [0.15, 0.2) is 36.7 Å². The Morgan fingerprint density at radius 3 is 2.67 bits per heavy atom. The maximum atomic E-state index is 9.90. The second-order valence-corrected chi connectivity index (χ2v) is 5.84. The van der Waals surface area contributed by atoms with Crippen molar-refractivity contribution in [2.45, 2.75) is 38.1 Å². The average molecular weight is 283 g/mol. The van der Waals surface area contributed by atoms with E-state index >= 15 is 0 Å². The molecule has 0 amide bonds. The van der Waals surface area contributed by atoms with Crippen LogP contribution >= 0.6 is 0 Å². The fraction of sp³-hybridized carbons (Fsp3) is 0.412. The summed E-state index contributed by atoms with van der Waals surface area (Å²) in [6.45, 7) is 2.01. The minimum absolute atomic E-state index is 0.00971. The minimum Gasteiger partial charge on any atom is -0.394 e. The maximum Gasteiger partial charge on any atom is 0.133 e. The zero-order chi connectivity index (χ0) is 14.7. The first kappa shape index (κ1) is 14.0. The van der Waals surface area contributed by atoms with E-state index in [1.54, 1.807) is 6.33 Å². The molecule has 1 unspecified atom stereocenters. The normalized spacial score (nSPS) is 16.9. The molecular weight excluding hydrogens is 262 g/mol. The van der Waals surface area contributed by atoms with Gasteiger partial charge in [0.15, 0.2) is 0 Å². The van der Waals surface area contributed by atoms with Gasteiger partial charge in [-0.15, -0.1) is 0 Å². The summed E-state index contributed by atoms with van der Waals surface area (Å²) in [5, 5.41) is 13.3. The highest BCUT2D eigenvalue weighted by Gasteiger charge is 2.28. The third-order valence-corrected chi connectivity index (χ3v) is 4.25. The van der Waals surface area contributed by atoms with Gasteiger partial charge in [0.2, 0.25) is 0 Å². The van der Waals surface area contributed by atoms with Gasteiger partial charge in [-0.1, -0.05) is 30.3 Å². The van der Waals surface area contributed by atoms with Crippen molar-refractivity contribution in [3.05, 3.63) is 53.5 Å². The number of aliphatic hydroxyl groups excluding tert-OH is 1. The SMILES string of the molecule is CC(CO)(Nc1ncnc2c1CCCC2)c1ccccc1. The first-order valence-electron chi connectivity index (χ1n) is 7.50. The summed E-state index contributed by atoms with van der Waals surface area (Å²) in [7, 11) is 0. The molecule has 21 heavy (non-hydrogen) atoms. The average Bonchev–Trinajstić information content (AvgIpc) is 2.56. The van der Waals surface area contributed by atoms with Gasteiger partial charge in [0.25, 0.3) is 0 Å². The summed E-state index contributed by atoms with van der Waals surface area (Å²) in [4.78, 5) is 8.81. The van der Waals surface area contributed by atoms with Crippen LogP contribution in [0.5, 0.6) is 0 Å². The lowest BCUT2D eigenvalue weighted by Gasteiger charge is -2.31. The zero-order valence-corrected chi connectivity index (χ0v) is 12.3. The quantitative estimate of drug-likeness (QED) is 0.905. The summed E-state index contributed by atoms with van der Waals surface area (Å²) >= 11 is 0. The highest BCUT2D eigenvalue weighted by atomic mass is 16.3. The van der Waals surface area contributed by atoms with Gasteiger partial charge in [-0.2, -0.15) is 0 Å². The van der Waals surface area contributed by atoms with Crippen molar-refractivity contribution >= 4 is 5.82 Å². The van der Waals surface area contributed by atoms with E-state index in [0.29, 0.717) is 0 Å². The largest absolute Gasteiger partial charge is 0.394 e. The molecule has 4 heteroatoms. The summed E-state index contributed by atoms with van der Waals surface area (Å²) in [5.41, 5.74) is 2.86. The van der Waals surface area contributed by atoms with Gasteiger partial charge < -0.3 is 10.4 Å². The molecule has 0 radical (unpaired) electrons. The molecule has 4 nitrogen and oxygen atoms in total. The van der Waals surface area contributed by atoms with Crippen molar-refractivity contribution in [2.75, 3.05) is 11.9 Å². The molecule has 0 saturated heterocycles. The molecule has 0 fully saturated rings. The van der Waals surface area contributed by atoms with Crippen molar-refractivity contribution in [1.29, 1.82) is 0 Å². The molecule has 110 valence electrons. The van der Waals surface area contributed by atoms with Gasteiger partial charge in [-0.05, 0) is 38.2 Å². The zero-order valence-electron chi connectivity index (χ0n) is 12.3. The molecule has 2 N–H and O–H groups in total. The molecular formula is C17H21N3O. The third kappa shape index (κ3) is 2.76. The van der Waals surface area contributed by atoms with Crippen molar-refractivity contribution in [1.82, 2.24) is 9.97 Å². The third-order valence-electron chi connectivity index (χ3n) is 4.25. The van der Waals surface area contributed by atoms with Gasteiger partial charge in [0.1, 0.15) is 12.1 Å². The number of anilines is 1. The first-order valence-corrected chi connectivity index (χ1v) is 7.50. The van der Waals surface area contributed by atoms with Gasteiger partial charge in [0.05, 0.1) is 12.1 Å². The highest BCUT2D eigenvalue weighted by molar-refractivity contribution is 5.50. The Labute approximate surface area is 125 Å². The van der Waals surface area contributed by atoms with Crippen LogP contribution in [0.25, 0.3) is 0 Å². The van der Waals surface area contributed by atoms with Crippen LogP contribution in [0, 0.1) is 0 Å². The molecule has 1 heterocycles. The van der Waals surface area contributed by atoms with Crippen molar-refractivity contribution < 1.29 is 5.11 Å². The van der Waals surface area contributed by atoms with E-state index in [9.17, 15) is 5.11 Å². The molecule has 1 aromatic carbocycles. The molecule has 3 rings (SSSR count). The smallest absolute Gasteiger partial charge is 0.133 e. The first-order chi connectivity index (χ1) is 10.2. The van der Waals surface area contributed by atoms with Crippen LogP contribution in [-0.4, -0.2) is 21.7 Å². The van der Waals surface area contributed by atoms with Crippen LogP contribution < -0.4 is 5.32 Å². The molecule has 1 atom stereocenters. The van der Waals surface area contributed by atoms with Crippen LogP contribution in [0.1, 0.15) is 36.6 Å². The lowest BCUT2D eigenvalue weighted by molar-refractivity contribution is 0.223. The number of aryl methyl sites for hydroxylation is 1. The summed E-state index contributed by atoms with van der Waals surface area (Å²) in [6, 6.07) is 10.0. The number of rotatable bonds is 4. The van der Waals surface area contributed by atoms with Crippen LogP contribution in [-0.2, 0) is 18.4 Å². The van der Waals surface area contributed by atoms with Gasteiger partial charge in [-0.25, -0.2) is 9.97 Å². The number of hydrogen-bond donors (Lipinski definition) is 2. The van der Waals surface area contributed by atoms with Crippen LogP contribution in [0.3, 0.4) is 0 Å². The number of aromatic nitrogens is 2. The van der Waals surface area contributed by atoms with Crippen molar-refractivity contribution in [3.8, 4) is 0 Å². The molecule has 0 bridgehead atoms. The molecule has 0 saturated carbocycles. The van der Waals surface area contributed by atoms with Crippen LogP contribution in [0.4, 0.5) is 5.82 Å². The van der Waals surface area contributed by atoms with E-state index in [0.717, 1.165) is 29.9 Å². The Balaban J connectivity index is 1.95. The van der Waals surface area contributed by atoms with Crippen molar-refractivity contribution in [3.63, 3.8) is 0 Å². The van der Waals surface area contributed by atoms with Crippen LogP contribution in [0.2, 0.25) is 0 Å². The van der Waals surface area contributed by atoms with Crippen molar-refractivity contribution in [2.24, 2.45) is 0 Å². The predicted octanol–water partition coefficient (Wildman–Crippen LogP) is 2.68. The lowest BCUT2D eigenvalue weighted by Crippen LogP contribution is -2.37. The summed E-state index contributed by atoms with van der Waals surface area (Å²) in [6.07, 6.45) is 6.02. The number of nitrogens with zero attached hydrogens (tertiary/aromatic N) is 2. The standard InChI is InChI=1S/C17H21N3O/c1-17(11-21,13-7-3-2-4-8-13)20-16-14-9-5-6-10-15(14)18-12-19-16/h2-4,7-8,12,21H,5-6,9-11H2,1H3,(H,18,19,20). The molecule has 0 aliphatic heterocycles. The number of fused-ring (bicyclic) bond motifs is 1. The summed E-state index contributed by atoms with van der Waals surface area (Å²) < 4.78 is 0. The van der Waals surface area contributed by atoms with Gasteiger partial charge in [0, 0.05) is 11.3 Å². The van der Waals surface area contributed by atoms with E-state index in [2.05, 4.69) is 15.3 Å².